The van der Waals surface area contributed by atoms with Crippen LogP contribution in [0.2, 0.25) is 0 Å². The van der Waals surface area contributed by atoms with Crippen molar-refractivity contribution in [2.45, 2.75) is 33.7 Å². The smallest absolute Gasteiger partial charge is 0.344 e. The van der Waals surface area contributed by atoms with Crippen molar-refractivity contribution in [2.75, 3.05) is 13.2 Å². The summed E-state index contributed by atoms with van der Waals surface area (Å²) in [7, 11) is 0. The number of hydrogen-bond acceptors (Lipinski definition) is 6. The van der Waals surface area contributed by atoms with Crippen molar-refractivity contribution in [3.8, 4) is 5.75 Å². The van der Waals surface area contributed by atoms with Crippen LogP contribution in [0.15, 0.2) is 100 Å². The number of ether oxygens (including phenoxy) is 2. The zero-order valence-electron chi connectivity index (χ0n) is 22.9. The summed E-state index contributed by atoms with van der Waals surface area (Å²) in [5.74, 6) is 0.210. The number of aromatic nitrogens is 1. The number of carbonyl (C=O) groups is 1. The molecule has 0 unspecified atom stereocenters. The largest absolute Gasteiger partial charge is 0.506 e. The van der Waals surface area contributed by atoms with Gasteiger partial charge in [-0.15, -0.1) is 0 Å². The van der Waals surface area contributed by atoms with Gasteiger partial charge in [0.05, 0.1) is 23.8 Å². The predicted octanol–water partition coefficient (Wildman–Crippen LogP) is 7.92. The van der Waals surface area contributed by atoms with E-state index < -0.39 is 5.97 Å². The third-order valence-electron chi connectivity index (χ3n) is 6.64. The molecular weight excluding hydrogens is 520 g/mol. The molecule has 40 heavy (non-hydrogen) atoms. The van der Waals surface area contributed by atoms with E-state index in [9.17, 15) is 9.90 Å². The number of aliphatic imine (C=N–C) groups is 1. The molecule has 0 saturated heterocycles. The molecule has 0 aliphatic carbocycles. The first-order valence-electron chi connectivity index (χ1n) is 13.4. The van der Waals surface area contributed by atoms with E-state index >= 15 is 0 Å². The Morgan fingerprint density at radius 2 is 1.77 bits per heavy atom. The van der Waals surface area contributed by atoms with Gasteiger partial charge in [0.1, 0.15) is 22.1 Å². The molecule has 7 heteroatoms. The van der Waals surface area contributed by atoms with Gasteiger partial charge in [0.25, 0.3) is 0 Å². The third-order valence-corrected chi connectivity index (χ3v) is 7.66. The molecule has 1 aliphatic heterocycles. The maximum Gasteiger partial charge on any atom is 0.344 e. The first-order valence-corrected chi connectivity index (χ1v) is 14.2. The number of aliphatic hydroxyl groups excluding tert-OH is 1. The van der Waals surface area contributed by atoms with Crippen LogP contribution in [-0.2, 0) is 16.1 Å². The molecule has 4 aromatic rings. The molecular formula is C33H32N2O4S. The SMILES string of the molecule is CCOC(=O)C1=C(O)/C(=C/c2cn(CCCOc3ccccc3C)c3ccccc23)SC1=Nc1ccc(C)cc1. The van der Waals surface area contributed by atoms with Crippen LogP contribution in [-0.4, -0.2) is 33.9 Å². The number of carbonyl (C=O) groups excluding carboxylic acids is 1. The van der Waals surface area contributed by atoms with Gasteiger partial charge in [-0.05, 0) is 63.1 Å². The molecule has 0 fully saturated rings. The molecule has 1 aliphatic rings. The van der Waals surface area contributed by atoms with E-state index in [0.717, 1.165) is 46.3 Å². The number of aryl methyl sites for hydroxylation is 3. The highest BCUT2D eigenvalue weighted by molar-refractivity contribution is 8.18. The van der Waals surface area contributed by atoms with Crippen molar-refractivity contribution < 1.29 is 19.4 Å². The van der Waals surface area contributed by atoms with E-state index in [1.807, 2.05) is 80.6 Å². The Morgan fingerprint density at radius 1 is 1.02 bits per heavy atom. The molecule has 2 heterocycles. The minimum absolute atomic E-state index is 0.0933. The van der Waals surface area contributed by atoms with Gasteiger partial charge in [0, 0.05) is 29.2 Å². The molecule has 5 rings (SSSR count). The lowest BCUT2D eigenvalue weighted by molar-refractivity contribution is -0.138. The Labute approximate surface area is 238 Å². The lowest BCUT2D eigenvalue weighted by Gasteiger charge is -2.09. The summed E-state index contributed by atoms with van der Waals surface area (Å²) in [6.07, 6.45) is 4.83. The van der Waals surface area contributed by atoms with Gasteiger partial charge in [-0.1, -0.05) is 65.9 Å². The Hall–Kier alpha value is -4.23. The molecule has 0 radical (unpaired) electrons. The van der Waals surface area contributed by atoms with E-state index in [-0.39, 0.29) is 17.9 Å². The fraction of sp³-hybridized carbons (Fsp3) is 0.212. The molecule has 1 aromatic heterocycles. The summed E-state index contributed by atoms with van der Waals surface area (Å²) in [4.78, 5) is 18.0. The highest BCUT2D eigenvalue weighted by Crippen LogP contribution is 2.41. The number of hydrogen-bond donors (Lipinski definition) is 1. The minimum atomic E-state index is -0.585. The summed E-state index contributed by atoms with van der Waals surface area (Å²) in [6, 6.07) is 23.9. The van der Waals surface area contributed by atoms with Crippen LogP contribution in [0.25, 0.3) is 17.0 Å². The second-order valence-corrected chi connectivity index (χ2v) is 10.6. The second-order valence-electron chi connectivity index (χ2n) is 9.57. The van der Waals surface area contributed by atoms with Gasteiger partial charge in [0.2, 0.25) is 0 Å². The minimum Gasteiger partial charge on any atom is -0.506 e. The molecule has 0 atom stereocenters. The van der Waals surface area contributed by atoms with E-state index in [2.05, 4.69) is 27.9 Å². The van der Waals surface area contributed by atoms with Crippen molar-refractivity contribution >= 4 is 45.4 Å². The number of benzene rings is 3. The number of aliphatic hydroxyl groups is 1. The fourth-order valence-electron chi connectivity index (χ4n) is 4.58. The van der Waals surface area contributed by atoms with Crippen LogP contribution in [0.1, 0.15) is 30.0 Å². The van der Waals surface area contributed by atoms with E-state index in [0.29, 0.717) is 22.2 Å². The van der Waals surface area contributed by atoms with Gasteiger partial charge >= 0.3 is 5.97 Å². The fourth-order valence-corrected chi connectivity index (χ4v) is 5.61. The quantitative estimate of drug-likeness (QED) is 0.169. The van der Waals surface area contributed by atoms with Gasteiger partial charge in [-0.2, -0.15) is 0 Å². The Kier molecular flexibility index (Phi) is 8.41. The van der Waals surface area contributed by atoms with Crippen molar-refractivity contribution in [2.24, 2.45) is 4.99 Å². The second kappa shape index (κ2) is 12.3. The first-order chi connectivity index (χ1) is 19.4. The highest BCUT2D eigenvalue weighted by atomic mass is 32.2. The normalized spacial score (nSPS) is 15.4. The van der Waals surface area contributed by atoms with Crippen LogP contribution >= 0.6 is 11.8 Å². The summed E-state index contributed by atoms with van der Waals surface area (Å²) in [5, 5.41) is 12.6. The van der Waals surface area contributed by atoms with Gasteiger partial charge in [-0.25, -0.2) is 9.79 Å². The van der Waals surface area contributed by atoms with Gasteiger partial charge < -0.3 is 19.1 Å². The van der Waals surface area contributed by atoms with Crippen molar-refractivity contribution in [3.05, 3.63) is 112 Å². The number of nitrogens with zero attached hydrogens (tertiary/aromatic N) is 2. The maximum absolute atomic E-state index is 12.8. The van der Waals surface area contributed by atoms with E-state index in [4.69, 9.17) is 9.47 Å². The summed E-state index contributed by atoms with van der Waals surface area (Å²) < 4.78 is 13.5. The standard InChI is InChI=1S/C33H32N2O4S/c1-4-38-33(37)30-31(36)29(40-32(30)34-25-16-14-22(2)15-17-25)20-24-21-35(27-12-7-6-11-26(24)27)18-9-19-39-28-13-8-5-10-23(28)3/h5-8,10-17,20-21,36H,4,9,18-19H2,1-3H3/b29-20-,34-32?. The monoisotopic (exact) mass is 552 g/mol. The number of rotatable bonds is 9. The summed E-state index contributed by atoms with van der Waals surface area (Å²) in [6.45, 7) is 7.38. The molecule has 0 bridgehead atoms. The zero-order chi connectivity index (χ0) is 28.1. The average molecular weight is 553 g/mol. The van der Waals surface area contributed by atoms with Crippen LogP contribution in [0, 0.1) is 13.8 Å². The highest BCUT2D eigenvalue weighted by Gasteiger charge is 2.33. The Morgan fingerprint density at radius 3 is 2.55 bits per heavy atom. The molecule has 1 N–H and O–H groups in total. The number of esters is 1. The molecule has 0 amide bonds. The van der Waals surface area contributed by atoms with Crippen LogP contribution in [0.4, 0.5) is 5.69 Å². The topological polar surface area (TPSA) is 73.0 Å². The van der Waals surface area contributed by atoms with E-state index in [1.165, 1.54) is 11.8 Å². The van der Waals surface area contributed by atoms with E-state index in [1.54, 1.807) is 6.92 Å². The van der Waals surface area contributed by atoms with Crippen LogP contribution in [0.5, 0.6) is 5.75 Å². The Bertz CT molecular complexity index is 1630. The molecule has 3 aromatic carbocycles. The number of thioether (sulfide) groups is 1. The maximum atomic E-state index is 12.8. The average Bonchev–Trinajstić information content (AvgIpc) is 3.45. The van der Waals surface area contributed by atoms with Gasteiger partial charge in [0.15, 0.2) is 0 Å². The summed E-state index contributed by atoms with van der Waals surface area (Å²) in [5.41, 5.74) is 5.08. The summed E-state index contributed by atoms with van der Waals surface area (Å²) >= 11 is 1.27. The molecule has 0 spiro atoms. The Balaban J connectivity index is 1.42. The van der Waals surface area contributed by atoms with Crippen molar-refractivity contribution in [1.82, 2.24) is 4.57 Å². The van der Waals surface area contributed by atoms with Crippen LogP contribution in [0.3, 0.4) is 0 Å². The van der Waals surface area contributed by atoms with Gasteiger partial charge in [-0.3, -0.25) is 0 Å². The van der Waals surface area contributed by atoms with Crippen LogP contribution < -0.4 is 4.74 Å². The number of para-hydroxylation sites is 2. The molecule has 0 saturated carbocycles. The zero-order valence-corrected chi connectivity index (χ0v) is 23.7. The van der Waals surface area contributed by atoms with Crippen molar-refractivity contribution in [1.29, 1.82) is 0 Å². The third kappa shape index (κ3) is 6.00. The lowest BCUT2D eigenvalue weighted by atomic mass is 10.1. The molecule has 204 valence electrons. The molecule has 6 nitrogen and oxygen atoms in total. The first kappa shape index (κ1) is 27.3. The predicted molar refractivity (Wildman–Crippen MR) is 163 cm³/mol. The lowest BCUT2D eigenvalue weighted by Crippen LogP contribution is -2.12. The number of fused-ring (bicyclic) bond motifs is 1. The van der Waals surface area contributed by atoms with Crippen molar-refractivity contribution in [3.63, 3.8) is 0 Å².